The van der Waals surface area contributed by atoms with E-state index in [0.29, 0.717) is 16.4 Å². The molecule has 0 aliphatic carbocycles. The third-order valence-corrected chi connectivity index (χ3v) is 7.32. The van der Waals surface area contributed by atoms with Gasteiger partial charge in [0.2, 0.25) is 14.9 Å². The van der Waals surface area contributed by atoms with Gasteiger partial charge in [0.15, 0.2) is 5.65 Å². The summed E-state index contributed by atoms with van der Waals surface area (Å²) in [6, 6.07) is 19.7. The Morgan fingerprint density at radius 2 is 1.72 bits per heavy atom. The number of anilines is 2. The highest BCUT2D eigenvalue weighted by atomic mass is 35.5. The molecule has 2 aromatic heterocycles. The van der Waals surface area contributed by atoms with Crippen LogP contribution in [-0.2, 0) is 9.84 Å². The van der Waals surface area contributed by atoms with Gasteiger partial charge in [0, 0.05) is 16.1 Å². The van der Waals surface area contributed by atoms with E-state index in [9.17, 15) is 8.42 Å². The summed E-state index contributed by atoms with van der Waals surface area (Å²) in [5.41, 5.74) is 3.47. The molecule has 0 unspecified atom stereocenters. The summed E-state index contributed by atoms with van der Waals surface area (Å²) in [6.07, 6.45) is 0. The van der Waals surface area contributed by atoms with Crippen molar-refractivity contribution < 1.29 is 8.42 Å². The Morgan fingerprint density at radius 3 is 2.47 bits per heavy atom. The Bertz CT molecular complexity index is 1590. The molecular weight excluding hydrogens is 446 g/mol. The van der Waals surface area contributed by atoms with Crippen LogP contribution in [0, 0.1) is 13.8 Å². The first kappa shape index (κ1) is 20.4. The number of fused-ring (bicyclic) bond motifs is 3. The largest absolute Gasteiger partial charge is 0.340 e. The fraction of sp³-hybridized carbons (Fsp3) is 0.0870. The van der Waals surface area contributed by atoms with Gasteiger partial charge in [-0.15, -0.1) is 5.10 Å². The molecule has 0 saturated heterocycles. The van der Waals surface area contributed by atoms with E-state index in [-0.39, 0.29) is 15.6 Å². The number of rotatable bonds is 4. The molecule has 9 heteroatoms. The number of nitrogens with zero attached hydrogens (tertiary/aromatic N) is 4. The minimum Gasteiger partial charge on any atom is -0.340 e. The van der Waals surface area contributed by atoms with E-state index in [1.807, 2.05) is 50.2 Å². The van der Waals surface area contributed by atoms with Gasteiger partial charge < -0.3 is 5.32 Å². The molecule has 3 aromatic carbocycles. The van der Waals surface area contributed by atoms with E-state index in [2.05, 4.69) is 20.6 Å². The van der Waals surface area contributed by atoms with Gasteiger partial charge in [-0.05, 0) is 55.8 Å². The number of hydrogen-bond acceptors (Lipinski definition) is 6. The number of aryl methyl sites for hydroxylation is 2. The molecular formula is C23H18ClN5O2S. The van der Waals surface area contributed by atoms with Crippen molar-refractivity contribution in [3.8, 4) is 0 Å². The van der Waals surface area contributed by atoms with Crippen molar-refractivity contribution in [1.82, 2.24) is 19.8 Å². The van der Waals surface area contributed by atoms with Gasteiger partial charge in [0.25, 0.3) is 0 Å². The maximum atomic E-state index is 13.3. The molecule has 5 rings (SSSR count). The smallest absolute Gasteiger partial charge is 0.229 e. The summed E-state index contributed by atoms with van der Waals surface area (Å²) < 4.78 is 28.1. The van der Waals surface area contributed by atoms with Crippen LogP contribution in [0.2, 0.25) is 5.02 Å². The summed E-state index contributed by atoms with van der Waals surface area (Å²) in [5.74, 6) is 0.482. The molecule has 5 aromatic rings. The van der Waals surface area contributed by atoms with Gasteiger partial charge in [-0.1, -0.05) is 52.7 Å². The molecule has 1 N–H and O–H groups in total. The monoisotopic (exact) mass is 463 g/mol. The van der Waals surface area contributed by atoms with Crippen LogP contribution in [0.25, 0.3) is 16.6 Å². The topological polar surface area (TPSA) is 89.2 Å². The van der Waals surface area contributed by atoms with Crippen molar-refractivity contribution in [3.05, 3.63) is 82.9 Å². The van der Waals surface area contributed by atoms with E-state index in [1.165, 1.54) is 4.52 Å². The van der Waals surface area contributed by atoms with Crippen molar-refractivity contribution in [2.24, 2.45) is 0 Å². The quantitative estimate of drug-likeness (QED) is 0.397. The second kappa shape index (κ2) is 7.58. The Labute approximate surface area is 189 Å². The number of para-hydroxylation sites is 1. The molecule has 0 atom stereocenters. The van der Waals surface area contributed by atoms with Crippen LogP contribution >= 0.6 is 11.6 Å². The molecule has 7 nitrogen and oxygen atoms in total. The SMILES string of the molecule is Cc1ccc(S(=O)(=O)c2nnn3c2nc(Nc2ccc(C)c(Cl)c2)c2ccccc23)cc1. The standard InChI is InChI=1S/C23H18ClN5O2S/c1-14-7-11-17(12-8-14)32(30,31)23-22-26-21(25-16-10-9-15(2)19(24)13-16)18-5-3-4-6-20(18)29(22)28-27-23/h3-13H,1-2H3,(H,25,26). The number of hydrogen-bond donors (Lipinski definition) is 1. The number of aromatic nitrogens is 4. The number of sulfone groups is 1. The van der Waals surface area contributed by atoms with Crippen LogP contribution in [0.5, 0.6) is 0 Å². The van der Waals surface area contributed by atoms with Crippen molar-refractivity contribution in [3.63, 3.8) is 0 Å². The number of halogens is 1. The highest BCUT2D eigenvalue weighted by molar-refractivity contribution is 7.91. The molecule has 0 aliphatic heterocycles. The lowest BCUT2D eigenvalue weighted by Gasteiger charge is -2.11. The molecule has 0 amide bonds. The summed E-state index contributed by atoms with van der Waals surface area (Å²) in [6.45, 7) is 3.82. The Morgan fingerprint density at radius 1 is 0.969 bits per heavy atom. The van der Waals surface area contributed by atoms with Crippen LogP contribution in [0.1, 0.15) is 11.1 Å². The second-order valence-electron chi connectivity index (χ2n) is 7.51. The fourth-order valence-corrected chi connectivity index (χ4v) is 4.87. The Kier molecular flexibility index (Phi) is 4.83. The van der Waals surface area contributed by atoms with E-state index < -0.39 is 9.84 Å². The summed E-state index contributed by atoms with van der Waals surface area (Å²) in [7, 11) is -3.92. The maximum Gasteiger partial charge on any atom is 0.229 e. The average molecular weight is 464 g/mol. The number of benzene rings is 3. The maximum absolute atomic E-state index is 13.3. The summed E-state index contributed by atoms with van der Waals surface area (Å²) in [5, 5.41) is 12.6. The first-order valence-corrected chi connectivity index (χ1v) is 11.7. The Hall–Kier alpha value is -3.49. The minimum absolute atomic E-state index is 0.139. The highest BCUT2D eigenvalue weighted by Crippen LogP contribution is 2.30. The lowest BCUT2D eigenvalue weighted by atomic mass is 10.2. The molecule has 160 valence electrons. The molecule has 0 saturated carbocycles. The summed E-state index contributed by atoms with van der Waals surface area (Å²) >= 11 is 6.28. The minimum atomic E-state index is -3.92. The zero-order valence-electron chi connectivity index (χ0n) is 17.2. The Balaban J connectivity index is 1.72. The van der Waals surface area contributed by atoms with Gasteiger partial charge >= 0.3 is 0 Å². The highest BCUT2D eigenvalue weighted by Gasteiger charge is 2.27. The van der Waals surface area contributed by atoms with E-state index in [1.54, 1.807) is 30.3 Å². The van der Waals surface area contributed by atoms with Crippen molar-refractivity contribution in [2.75, 3.05) is 5.32 Å². The van der Waals surface area contributed by atoms with Crippen molar-refractivity contribution >= 4 is 49.5 Å². The fourth-order valence-electron chi connectivity index (χ4n) is 3.45. The van der Waals surface area contributed by atoms with Crippen LogP contribution in [0.3, 0.4) is 0 Å². The number of nitrogens with one attached hydrogen (secondary N) is 1. The van der Waals surface area contributed by atoms with Gasteiger partial charge in [0.1, 0.15) is 5.82 Å². The zero-order valence-corrected chi connectivity index (χ0v) is 18.8. The van der Waals surface area contributed by atoms with Crippen molar-refractivity contribution in [1.29, 1.82) is 0 Å². The van der Waals surface area contributed by atoms with Gasteiger partial charge in [-0.3, -0.25) is 0 Å². The van der Waals surface area contributed by atoms with Gasteiger partial charge in [-0.25, -0.2) is 13.4 Å². The first-order chi connectivity index (χ1) is 15.3. The third kappa shape index (κ3) is 3.37. The second-order valence-corrected chi connectivity index (χ2v) is 9.79. The van der Waals surface area contributed by atoms with Crippen molar-refractivity contribution in [2.45, 2.75) is 23.8 Å². The molecule has 0 fully saturated rings. The van der Waals surface area contributed by atoms with Gasteiger partial charge in [0.05, 0.1) is 10.4 Å². The van der Waals surface area contributed by atoms with Crippen LogP contribution < -0.4 is 5.32 Å². The zero-order chi connectivity index (χ0) is 22.5. The normalized spacial score (nSPS) is 11.8. The first-order valence-electron chi connectivity index (χ1n) is 9.84. The lowest BCUT2D eigenvalue weighted by Crippen LogP contribution is -2.05. The van der Waals surface area contributed by atoms with E-state index in [4.69, 9.17) is 11.6 Å². The summed E-state index contributed by atoms with van der Waals surface area (Å²) in [4.78, 5) is 4.76. The predicted molar refractivity (Wildman–Crippen MR) is 124 cm³/mol. The average Bonchev–Trinajstić information content (AvgIpc) is 3.22. The molecule has 0 aliphatic rings. The molecule has 2 heterocycles. The van der Waals surface area contributed by atoms with Crippen LogP contribution in [0.15, 0.2) is 76.7 Å². The van der Waals surface area contributed by atoms with Gasteiger partial charge in [-0.2, -0.15) is 4.52 Å². The van der Waals surface area contributed by atoms with Crippen LogP contribution in [-0.4, -0.2) is 28.2 Å². The molecule has 0 bridgehead atoms. The van der Waals surface area contributed by atoms with Crippen LogP contribution in [0.4, 0.5) is 11.5 Å². The third-order valence-electron chi connectivity index (χ3n) is 5.24. The molecule has 0 radical (unpaired) electrons. The lowest BCUT2D eigenvalue weighted by molar-refractivity contribution is 0.592. The molecule has 32 heavy (non-hydrogen) atoms. The molecule has 0 spiro atoms. The van der Waals surface area contributed by atoms with E-state index in [0.717, 1.165) is 22.2 Å². The predicted octanol–water partition coefficient (Wildman–Crippen LogP) is 5.12. The van der Waals surface area contributed by atoms with E-state index >= 15 is 0 Å².